The Labute approximate surface area is 292 Å². The molecule has 0 radical (unpaired) electrons. The molecule has 4 aromatic rings. The Bertz CT molecular complexity index is 2260. The molecule has 6 rings (SSSR count). The van der Waals surface area contributed by atoms with E-state index >= 15 is 0 Å². The van der Waals surface area contributed by atoms with Gasteiger partial charge in [0.05, 0.1) is 32.0 Å². The number of nitrogens with one attached hydrogen (secondary N) is 1. The lowest BCUT2D eigenvalue weighted by atomic mass is 10.1. The van der Waals surface area contributed by atoms with E-state index in [-0.39, 0.29) is 40.5 Å². The quantitative estimate of drug-likeness (QED) is 0.0607. The SMILES string of the molecule is Nc1nc2c(ncn2[C@@H]2O[C@H](COP(=O)(O)OP(=O)(O)OP(=O)(O)O)[C@@H](OP(=O)(O)OC[C@@H]3C[C@@H](O)[C@H](n4cnc5c(N)ncnc54)O3)[C@H]2O)c(=O)[nH]1. The van der Waals surface area contributed by atoms with Crippen LogP contribution in [0.25, 0.3) is 22.3 Å². The van der Waals surface area contributed by atoms with Crippen LogP contribution in [0.3, 0.4) is 0 Å². The van der Waals surface area contributed by atoms with Crippen LogP contribution in [0.4, 0.5) is 11.8 Å². The molecule has 3 unspecified atom stereocenters. The van der Waals surface area contributed by atoms with Crippen molar-refractivity contribution < 1.29 is 84.6 Å². The van der Waals surface area contributed by atoms with Crippen LogP contribution in [0.2, 0.25) is 0 Å². The summed E-state index contributed by atoms with van der Waals surface area (Å²) in [5.74, 6) is -0.322. The summed E-state index contributed by atoms with van der Waals surface area (Å²) in [6, 6.07) is 0. The number of imidazole rings is 2. The number of aliphatic hydroxyl groups is 2. The summed E-state index contributed by atoms with van der Waals surface area (Å²) in [6.07, 6.45) is -7.71. The number of aromatic nitrogens is 8. The van der Waals surface area contributed by atoms with Gasteiger partial charge in [-0.1, -0.05) is 0 Å². The van der Waals surface area contributed by atoms with Crippen molar-refractivity contribution in [3.8, 4) is 0 Å². The molecule has 0 amide bonds. The molecule has 292 valence electrons. The van der Waals surface area contributed by atoms with Gasteiger partial charge in [-0.2, -0.15) is 13.6 Å². The molecule has 2 aliphatic rings. The van der Waals surface area contributed by atoms with Gasteiger partial charge in [-0.3, -0.25) is 32.5 Å². The van der Waals surface area contributed by atoms with Crippen LogP contribution >= 0.6 is 31.3 Å². The molecular formula is C20H28N10O19P4. The third kappa shape index (κ3) is 8.89. The summed E-state index contributed by atoms with van der Waals surface area (Å²) in [5.41, 5.74) is 10.5. The molecule has 2 fully saturated rings. The number of anilines is 2. The van der Waals surface area contributed by atoms with Gasteiger partial charge in [0.2, 0.25) is 5.95 Å². The summed E-state index contributed by atoms with van der Waals surface area (Å²) in [5, 5.41) is 21.9. The summed E-state index contributed by atoms with van der Waals surface area (Å²) in [4.78, 5) is 81.8. The average molecular weight is 836 g/mol. The zero-order chi connectivity index (χ0) is 38.7. The first-order valence-corrected chi connectivity index (χ1v) is 20.4. The Morgan fingerprint density at radius 3 is 2.19 bits per heavy atom. The van der Waals surface area contributed by atoms with E-state index in [1.807, 2.05) is 0 Å². The molecule has 0 spiro atoms. The summed E-state index contributed by atoms with van der Waals surface area (Å²) >= 11 is 0. The number of rotatable bonds is 14. The lowest BCUT2D eigenvalue weighted by molar-refractivity contribution is -0.0555. The van der Waals surface area contributed by atoms with Crippen LogP contribution in [-0.4, -0.2) is 117 Å². The largest absolute Gasteiger partial charge is 0.490 e. The van der Waals surface area contributed by atoms with Gasteiger partial charge >= 0.3 is 31.3 Å². The highest BCUT2D eigenvalue weighted by Crippen LogP contribution is 2.66. The number of phosphoric ester groups is 2. The van der Waals surface area contributed by atoms with Gasteiger partial charge in [0.25, 0.3) is 5.56 Å². The average Bonchev–Trinajstić information content (AvgIpc) is 3.79. The van der Waals surface area contributed by atoms with Crippen LogP contribution in [0, 0.1) is 0 Å². The third-order valence-electron chi connectivity index (χ3n) is 7.36. The van der Waals surface area contributed by atoms with E-state index in [1.165, 1.54) is 17.2 Å². The van der Waals surface area contributed by atoms with Crippen molar-refractivity contribution in [1.82, 2.24) is 39.0 Å². The molecule has 4 aromatic heterocycles. The molecule has 53 heavy (non-hydrogen) atoms. The molecule has 0 aliphatic carbocycles. The number of aromatic amines is 1. The molecule has 29 nitrogen and oxygen atoms in total. The van der Waals surface area contributed by atoms with Crippen molar-refractivity contribution >= 4 is 65.4 Å². The minimum atomic E-state index is -5.94. The monoisotopic (exact) mass is 836 g/mol. The van der Waals surface area contributed by atoms with Gasteiger partial charge in [-0.05, 0) is 0 Å². The molecule has 0 aromatic carbocycles. The lowest BCUT2D eigenvalue weighted by Gasteiger charge is -2.24. The minimum Gasteiger partial charge on any atom is -0.388 e. The van der Waals surface area contributed by atoms with Crippen molar-refractivity contribution in [2.24, 2.45) is 0 Å². The fourth-order valence-corrected chi connectivity index (χ4v) is 9.33. The number of nitrogens with zero attached hydrogens (tertiary/aromatic N) is 7. The van der Waals surface area contributed by atoms with Crippen LogP contribution < -0.4 is 17.0 Å². The molecule has 10 atom stereocenters. The first-order valence-electron chi connectivity index (χ1n) is 14.4. The van der Waals surface area contributed by atoms with Crippen LogP contribution in [0.1, 0.15) is 18.9 Å². The zero-order valence-electron chi connectivity index (χ0n) is 26.0. The van der Waals surface area contributed by atoms with Crippen molar-refractivity contribution in [2.45, 2.75) is 49.4 Å². The van der Waals surface area contributed by atoms with E-state index < -0.39 is 93.0 Å². The molecule has 2 saturated heterocycles. The number of hydrogen-bond acceptors (Lipinski definition) is 21. The van der Waals surface area contributed by atoms with Crippen LogP contribution in [-0.2, 0) is 49.9 Å². The Morgan fingerprint density at radius 2 is 1.49 bits per heavy atom. The second-order valence-corrected chi connectivity index (χ2v) is 16.9. The van der Waals surface area contributed by atoms with Crippen molar-refractivity contribution in [3.63, 3.8) is 0 Å². The smallest absolute Gasteiger partial charge is 0.388 e. The topological polar surface area (TPSA) is 434 Å². The zero-order valence-corrected chi connectivity index (χ0v) is 29.6. The van der Waals surface area contributed by atoms with Crippen LogP contribution in [0.15, 0.2) is 23.8 Å². The number of H-pyrrole nitrogens is 1. The molecule has 0 saturated carbocycles. The van der Waals surface area contributed by atoms with E-state index in [4.69, 9.17) is 39.8 Å². The normalized spacial score (nSPS) is 28.6. The standard InChI is InChI=1S/C20H28N10O19P4/c21-14-10-15(24-4-23-14)29(5-25-10)18-8(31)1-7(45-18)2-43-51(37,38)47-13-9(3-44-52(39,40)49-53(41,42)48-50(34,35)36)46-19(12(13)32)30-6-26-11-16(30)27-20(22)28-17(11)33/h4-9,12-13,18-19,31-32H,1-3H2,(H,37,38)(H,39,40)(H,41,42)(H2,21,23,24)(H2,34,35,36)(H3,22,27,28,33)/t7-,8+,9+,12+,13+,18+,19+/m0/s1. The highest BCUT2D eigenvalue weighted by molar-refractivity contribution is 7.66. The van der Waals surface area contributed by atoms with Gasteiger partial charge in [0, 0.05) is 6.42 Å². The minimum absolute atomic E-state index is 0.0652. The summed E-state index contributed by atoms with van der Waals surface area (Å²) in [7, 11) is -22.7. The van der Waals surface area contributed by atoms with Gasteiger partial charge in [0.15, 0.2) is 35.1 Å². The fourth-order valence-electron chi connectivity index (χ4n) is 5.32. The van der Waals surface area contributed by atoms with Crippen molar-refractivity contribution in [1.29, 1.82) is 0 Å². The number of nitrogen functional groups attached to an aromatic ring is 2. The number of nitrogens with two attached hydrogens (primary N) is 2. The van der Waals surface area contributed by atoms with E-state index in [1.54, 1.807) is 0 Å². The maximum absolute atomic E-state index is 13.2. The third-order valence-corrected chi connectivity index (χ3v) is 12.1. The molecular weight excluding hydrogens is 808 g/mol. The molecule has 6 heterocycles. The van der Waals surface area contributed by atoms with E-state index in [0.717, 1.165) is 10.9 Å². The highest BCUT2D eigenvalue weighted by atomic mass is 31.3. The first kappa shape index (κ1) is 39.6. The number of hydrogen-bond donors (Lipinski definition) is 10. The summed E-state index contributed by atoms with van der Waals surface area (Å²) in [6.45, 7) is -1.96. The predicted molar refractivity (Wildman–Crippen MR) is 167 cm³/mol. The number of phosphoric acid groups is 4. The van der Waals surface area contributed by atoms with Crippen LogP contribution in [0.5, 0.6) is 0 Å². The van der Waals surface area contributed by atoms with Gasteiger partial charge in [0.1, 0.15) is 36.3 Å². The highest BCUT2D eigenvalue weighted by Gasteiger charge is 2.51. The first-order chi connectivity index (χ1) is 24.6. The maximum atomic E-state index is 13.2. The van der Waals surface area contributed by atoms with E-state index in [9.17, 15) is 47.9 Å². The summed E-state index contributed by atoms with van der Waals surface area (Å²) < 4.78 is 84.2. The second kappa shape index (κ2) is 14.5. The number of ether oxygens (including phenoxy) is 2. The lowest BCUT2D eigenvalue weighted by Crippen LogP contribution is -2.36. The molecule has 33 heteroatoms. The Balaban J connectivity index is 1.18. The molecule has 12 N–H and O–H groups in total. The van der Waals surface area contributed by atoms with E-state index in [0.29, 0.717) is 0 Å². The van der Waals surface area contributed by atoms with Crippen molar-refractivity contribution in [2.75, 3.05) is 24.7 Å². The van der Waals surface area contributed by atoms with E-state index in [2.05, 4.69) is 43.0 Å². The number of aliphatic hydroxyl groups excluding tert-OH is 2. The Morgan fingerprint density at radius 1 is 0.830 bits per heavy atom. The Hall–Kier alpha value is -3.14. The fraction of sp³-hybridized carbons (Fsp3) is 0.500. The predicted octanol–water partition coefficient (Wildman–Crippen LogP) is -2.12. The molecule has 2 aliphatic heterocycles. The molecule has 0 bridgehead atoms. The maximum Gasteiger partial charge on any atom is 0.490 e. The van der Waals surface area contributed by atoms with Crippen molar-refractivity contribution in [3.05, 3.63) is 29.3 Å². The number of fused-ring (bicyclic) bond motifs is 2. The van der Waals surface area contributed by atoms with Gasteiger partial charge in [-0.15, -0.1) is 0 Å². The van der Waals surface area contributed by atoms with Gasteiger partial charge < -0.3 is 55.6 Å². The second-order valence-electron chi connectivity index (χ2n) is 11.1. The Kier molecular flexibility index (Phi) is 10.8. The van der Waals surface area contributed by atoms with Gasteiger partial charge in [-0.25, -0.2) is 38.2 Å².